The lowest BCUT2D eigenvalue weighted by molar-refractivity contribution is -0.693. The number of hydrogen-bond donors (Lipinski definition) is 1. The summed E-state index contributed by atoms with van der Waals surface area (Å²) in [4.78, 5) is 0. The summed E-state index contributed by atoms with van der Waals surface area (Å²) in [5.41, 5.74) is 2.66. The summed E-state index contributed by atoms with van der Waals surface area (Å²) in [7, 11) is 0. The fourth-order valence-electron chi connectivity index (χ4n) is 3.22. The third kappa shape index (κ3) is 5.22. The Kier molecular flexibility index (Phi) is 6.32. The molecule has 0 amide bonds. The van der Waals surface area contributed by atoms with E-state index in [1.165, 1.54) is 11.1 Å². The molecule has 0 bridgehead atoms. The molecule has 0 saturated carbocycles. The van der Waals surface area contributed by atoms with Gasteiger partial charge in [-0.15, -0.1) is 0 Å². The second-order valence-electron chi connectivity index (χ2n) is 6.56. The summed E-state index contributed by atoms with van der Waals surface area (Å²) in [5, 5.41) is 3.18. The van der Waals surface area contributed by atoms with Crippen molar-refractivity contribution in [3.8, 4) is 0 Å². The van der Waals surface area contributed by atoms with Gasteiger partial charge in [0.1, 0.15) is 11.8 Å². The minimum Gasteiger partial charge on any atom is -0.469 e. The van der Waals surface area contributed by atoms with Crippen molar-refractivity contribution in [1.82, 2.24) is 0 Å². The number of halogens is 1. The highest BCUT2D eigenvalue weighted by Gasteiger charge is 2.17. The molecule has 0 unspecified atom stereocenters. The van der Waals surface area contributed by atoms with Gasteiger partial charge in [0.05, 0.1) is 12.8 Å². The van der Waals surface area contributed by atoms with Gasteiger partial charge in [-0.3, -0.25) is 0 Å². The number of rotatable bonds is 8. The van der Waals surface area contributed by atoms with Gasteiger partial charge in [0.2, 0.25) is 0 Å². The maximum absolute atomic E-state index is 5.98. The molecular weight excluding hydrogens is 330 g/mol. The molecule has 0 aliphatic rings. The van der Waals surface area contributed by atoms with E-state index in [1.807, 2.05) is 18.2 Å². The van der Waals surface area contributed by atoms with Gasteiger partial charge in [0.15, 0.2) is 0 Å². The predicted molar refractivity (Wildman–Crippen MR) is 103 cm³/mol. The van der Waals surface area contributed by atoms with Crippen LogP contribution >= 0.6 is 11.6 Å². The first-order chi connectivity index (χ1) is 12.2. The van der Waals surface area contributed by atoms with Gasteiger partial charge in [0.25, 0.3) is 0 Å². The molecule has 0 spiro atoms. The van der Waals surface area contributed by atoms with Crippen molar-refractivity contribution in [1.29, 1.82) is 0 Å². The fraction of sp³-hybridized carbons (Fsp3) is 0.273. The van der Waals surface area contributed by atoms with E-state index in [-0.39, 0.29) is 0 Å². The highest BCUT2D eigenvalue weighted by atomic mass is 35.5. The normalized spacial score (nSPS) is 13.5. The average Bonchev–Trinajstić information content (AvgIpc) is 3.17. The molecule has 2 nitrogen and oxygen atoms in total. The fourth-order valence-corrected chi connectivity index (χ4v) is 3.34. The standard InChI is InChI=1S/C22H24ClNO/c1-17(19-9-11-21(23)12-10-19)24-14-13-20(22-8-5-15-25-22)16-18-6-3-2-4-7-18/h2-12,15,17,20,24H,13-14,16H2,1H3/p+1/t17-,20+/m1/s1. The third-order valence-corrected chi connectivity index (χ3v) is 4.95. The molecule has 0 aliphatic heterocycles. The molecule has 0 aliphatic carbocycles. The van der Waals surface area contributed by atoms with Crippen LogP contribution in [-0.2, 0) is 6.42 Å². The smallest absolute Gasteiger partial charge is 0.109 e. The van der Waals surface area contributed by atoms with Gasteiger partial charge in [-0.05, 0) is 43.2 Å². The van der Waals surface area contributed by atoms with E-state index in [1.54, 1.807) is 6.26 Å². The molecule has 2 N–H and O–H groups in total. The van der Waals surface area contributed by atoms with Gasteiger partial charge in [0, 0.05) is 22.9 Å². The first-order valence-electron chi connectivity index (χ1n) is 8.88. The number of hydrogen-bond acceptors (Lipinski definition) is 1. The monoisotopic (exact) mass is 354 g/mol. The van der Waals surface area contributed by atoms with Crippen molar-refractivity contribution in [2.24, 2.45) is 0 Å². The minimum atomic E-state index is 0.408. The van der Waals surface area contributed by atoms with E-state index >= 15 is 0 Å². The van der Waals surface area contributed by atoms with Crippen molar-refractivity contribution in [3.05, 3.63) is 94.9 Å². The second-order valence-corrected chi connectivity index (χ2v) is 6.99. The van der Waals surface area contributed by atoms with E-state index in [2.05, 4.69) is 60.8 Å². The van der Waals surface area contributed by atoms with Crippen LogP contribution in [0.2, 0.25) is 5.02 Å². The molecule has 0 radical (unpaired) electrons. The summed E-state index contributed by atoms with van der Waals surface area (Å²) in [6.45, 7) is 3.30. The van der Waals surface area contributed by atoms with Gasteiger partial charge in [-0.25, -0.2) is 0 Å². The number of benzene rings is 2. The van der Waals surface area contributed by atoms with Crippen LogP contribution in [0.15, 0.2) is 77.4 Å². The zero-order valence-corrected chi connectivity index (χ0v) is 15.3. The minimum absolute atomic E-state index is 0.408. The Balaban J connectivity index is 1.58. The molecule has 3 aromatic rings. The lowest BCUT2D eigenvalue weighted by Crippen LogP contribution is -2.84. The highest BCUT2D eigenvalue weighted by molar-refractivity contribution is 6.30. The van der Waals surface area contributed by atoms with Crippen LogP contribution in [0.3, 0.4) is 0 Å². The van der Waals surface area contributed by atoms with Crippen LogP contribution in [-0.4, -0.2) is 6.54 Å². The average molecular weight is 355 g/mol. The van der Waals surface area contributed by atoms with Crippen LogP contribution in [0, 0.1) is 0 Å². The summed E-state index contributed by atoms with van der Waals surface area (Å²) in [5.74, 6) is 1.49. The molecule has 2 aromatic carbocycles. The zero-order valence-electron chi connectivity index (χ0n) is 14.6. The molecule has 3 rings (SSSR count). The second kappa shape index (κ2) is 8.89. The van der Waals surface area contributed by atoms with E-state index in [9.17, 15) is 0 Å². The number of quaternary nitrogens is 1. The Morgan fingerprint density at radius 1 is 0.960 bits per heavy atom. The Morgan fingerprint density at radius 2 is 1.72 bits per heavy atom. The van der Waals surface area contributed by atoms with Crippen LogP contribution in [0.1, 0.15) is 42.2 Å². The van der Waals surface area contributed by atoms with Crippen molar-refractivity contribution in [2.45, 2.75) is 31.7 Å². The van der Waals surface area contributed by atoms with Gasteiger partial charge in [-0.2, -0.15) is 0 Å². The molecule has 0 fully saturated rings. The van der Waals surface area contributed by atoms with Crippen molar-refractivity contribution >= 4 is 11.6 Å². The summed E-state index contributed by atoms with van der Waals surface area (Å²) < 4.78 is 5.69. The third-order valence-electron chi connectivity index (χ3n) is 4.70. The molecular formula is C22H25ClNO+. The number of nitrogens with two attached hydrogens (primary N) is 1. The largest absolute Gasteiger partial charge is 0.469 e. The lowest BCUT2D eigenvalue weighted by atomic mass is 9.93. The maximum atomic E-state index is 5.98. The Hall–Kier alpha value is -2.03. The van der Waals surface area contributed by atoms with Crippen LogP contribution < -0.4 is 5.32 Å². The molecule has 1 aromatic heterocycles. The van der Waals surface area contributed by atoms with Gasteiger partial charge in [-0.1, -0.05) is 54.1 Å². The van der Waals surface area contributed by atoms with Crippen molar-refractivity contribution in [2.75, 3.05) is 6.54 Å². The number of furan rings is 1. The Labute approximate surface area is 154 Å². The Bertz CT molecular complexity index is 737. The van der Waals surface area contributed by atoms with E-state index in [0.717, 1.165) is 30.2 Å². The SMILES string of the molecule is C[C@@H]([NH2+]CC[C@@H](Cc1ccccc1)c1ccco1)c1ccc(Cl)cc1. The van der Waals surface area contributed by atoms with Gasteiger partial charge < -0.3 is 9.73 Å². The van der Waals surface area contributed by atoms with Crippen LogP contribution in [0.5, 0.6) is 0 Å². The van der Waals surface area contributed by atoms with Crippen molar-refractivity contribution < 1.29 is 9.73 Å². The first-order valence-corrected chi connectivity index (χ1v) is 9.26. The molecule has 3 heteroatoms. The summed E-state index contributed by atoms with van der Waals surface area (Å²) in [6, 6.07) is 23.3. The molecule has 2 atom stereocenters. The van der Waals surface area contributed by atoms with E-state index in [4.69, 9.17) is 16.0 Å². The van der Waals surface area contributed by atoms with Crippen LogP contribution in [0.25, 0.3) is 0 Å². The molecule has 0 saturated heterocycles. The van der Waals surface area contributed by atoms with Crippen LogP contribution in [0.4, 0.5) is 0 Å². The summed E-state index contributed by atoms with van der Waals surface area (Å²) in [6.07, 6.45) is 3.87. The summed E-state index contributed by atoms with van der Waals surface area (Å²) >= 11 is 5.98. The topological polar surface area (TPSA) is 29.8 Å². The zero-order chi connectivity index (χ0) is 17.5. The van der Waals surface area contributed by atoms with E-state index in [0.29, 0.717) is 12.0 Å². The molecule has 1 heterocycles. The van der Waals surface area contributed by atoms with Crippen molar-refractivity contribution in [3.63, 3.8) is 0 Å². The van der Waals surface area contributed by atoms with Gasteiger partial charge >= 0.3 is 0 Å². The molecule has 25 heavy (non-hydrogen) atoms. The molecule has 130 valence electrons. The quantitative estimate of drug-likeness (QED) is 0.607. The maximum Gasteiger partial charge on any atom is 0.109 e. The first kappa shape index (κ1) is 17.8. The van der Waals surface area contributed by atoms with E-state index < -0.39 is 0 Å². The Morgan fingerprint density at radius 3 is 2.40 bits per heavy atom. The highest BCUT2D eigenvalue weighted by Crippen LogP contribution is 2.24. The predicted octanol–water partition coefficient (Wildman–Crippen LogP) is 4.97. The lowest BCUT2D eigenvalue weighted by Gasteiger charge is -2.16.